The third-order valence-corrected chi connectivity index (χ3v) is 14.5. The van der Waals surface area contributed by atoms with Crippen molar-refractivity contribution in [2.75, 3.05) is 19.6 Å². The fourth-order valence-electron chi connectivity index (χ4n) is 9.56. The standard InChI is InChI=1S/C22H41NO3.C22H39NO2.C18H39N.C4H2O3.C2H4O2.Na/c1-2-3-4-5-6-7-8-9-10-11-12-13-14-15-16-17-20-23-21(24)18-19-22(25)26;1-2-3-4-5-6-7-8-9-10-11-12-13-14-15-16-17-20-23-21(24)18-19-22(23)25;1-2-3-4-5-6-7-8-9-10-11-12-13-14-15-16-17-18-19;5-3-1-2-4(6)7-3;1-2(3)4;/h18-19H,2-17,20H2,1H3,(H,23,24)(H,25,26);18-19H,2-17,20H2,1H3;2-19H2,1H3;1-2H;1H3,(H,3,4);/q;;;;;+1/p-1/b19-18+;;;;;. The third kappa shape index (κ3) is 74.9. The Kier molecular flexibility index (Phi) is 75.0. The van der Waals surface area contributed by atoms with Crippen LogP contribution < -0.4 is 45.7 Å². The minimum absolute atomic E-state index is 0. The van der Waals surface area contributed by atoms with Gasteiger partial charge in [0.25, 0.3) is 11.8 Å². The normalized spacial score (nSPS) is 12.2. The zero-order chi connectivity index (χ0) is 60.3. The van der Waals surface area contributed by atoms with Crippen molar-refractivity contribution in [1.29, 1.82) is 0 Å². The summed E-state index contributed by atoms with van der Waals surface area (Å²) in [7, 11) is 0. The summed E-state index contributed by atoms with van der Waals surface area (Å²) in [6, 6.07) is 0. The Morgan fingerprint density at radius 3 is 0.915 bits per heavy atom. The van der Waals surface area contributed by atoms with Crippen LogP contribution in [-0.2, 0) is 38.3 Å². The Morgan fingerprint density at radius 1 is 0.439 bits per heavy atom. The minimum Gasteiger partial charge on any atom is -0.550 e. The molecule has 13 nitrogen and oxygen atoms in total. The number of nitrogens with two attached hydrogens (primary N) is 1. The second kappa shape index (κ2) is 72.1. The maximum absolute atomic E-state index is 11.4. The molecule has 0 spiro atoms. The second-order valence-corrected chi connectivity index (χ2v) is 22.4. The van der Waals surface area contributed by atoms with E-state index in [9.17, 15) is 28.8 Å². The van der Waals surface area contributed by atoms with Gasteiger partial charge in [-0.15, -0.1) is 0 Å². The smallest absolute Gasteiger partial charge is 0.550 e. The van der Waals surface area contributed by atoms with Gasteiger partial charge >= 0.3 is 47.5 Å². The first kappa shape index (κ1) is 85.3. The third-order valence-electron chi connectivity index (χ3n) is 14.5. The number of carbonyl (C=O) groups excluding carboxylic acids is 6. The summed E-state index contributed by atoms with van der Waals surface area (Å²) in [4.78, 5) is 74.4. The molecule has 0 saturated heterocycles. The Labute approximate surface area is 524 Å². The fourth-order valence-corrected chi connectivity index (χ4v) is 9.56. The number of amides is 3. The van der Waals surface area contributed by atoms with Crippen molar-refractivity contribution >= 4 is 41.6 Å². The molecule has 0 aliphatic carbocycles. The van der Waals surface area contributed by atoms with Gasteiger partial charge < -0.3 is 30.8 Å². The van der Waals surface area contributed by atoms with Gasteiger partial charge in [-0.1, -0.05) is 310 Å². The number of carbonyl (C=O) groups is 7. The van der Waals surface area contributed by atoms with Crippen LogP contribution in [0.5, 0.6) is 0 Å². The van der Waals surface area contributed by atoms with E-state index in [0.717, 1.165) is 63.5 Å². The molecule has 0 aromatic carbocycles. The zero-order valence-corrected chi connectivity index (χ0v) is 55.7. The van der Waals surface area contributed by atoms with Gasteiger partial charge in [-0.2, -0.15) is 0 Å². The van der Waals surface area contributed by atoms with Crippen molar-refractivity contribution < 1.29 is 78.1 Å². The first-order valence-electron chi connectivity index (χ1n) is 33.4. The van der Waals surface area contributed by atoms with Gasteiger partial charge in [0.15, 0.2) is 0 Å². The van der Waals surface area contributed by atoms with E-state index in [1.807, 2.05) is 0 Å². The number of esters is 2. The second-order valence-electron chi connectivity index (χ2n) is 22.4. The Bertz CT molecular complexity index is 1520. The zero-order valence-electron chi connectivity index (χ0n) is 53.7. The molecule has 14 heteroatoms. The van der Waals surface area contributed by atoms with Crippen LogP contribution in [-0.4, -0.2) is 71.2 Å². The van der Waals surface area contributed by atoms with Gasteiger partial charge in [0, 0.05) is 55.5 Å². The van der Waals surface area contributed by atoms with E-state index in [0.29, 0.717) is 13.1 Å². The van der Waals surface area contributed by atoms with E-state index in [2.05, 4.69) is 30.8 Å². The van der Waals surface area contributed by atoms with Gasteiger partial charge in [0.1, 0.15) is 0 Å². The molecule has 2 aliphatic heterocycles. The molecule has 0 aromatic rings. The number of nitrogens with zero attached hydrogens (tertiary/aromatic N) is 1. The molecule has 4 N–H and O–H groups in total. The monoisotopic (exact) mass is 1170 g/mol. The van der Waals surface area contributed by atoms with Crippen molar-refractivity contribution in [2.45, 2.75) is 336 Å². The summed E-state index contributed by atoms with van der Waals surface area (Å²) in [5.41, 5.74) is 5.48. The van der Waals surface area contributed by atoms with E-state index >= 15 is 0 Å². The summed E-state index contributed by atoms with van der Waals surface area (Å²) < 4.78 is 3.97. The van der Waals surface area contributed by atoms with Crippen molar-refractivity contribution in [3.8, 4) is 0 Å². The summed E-state index contributed by atoms with van der Waals surface area (Å²) in [5, 5.41) is 20.0. The number of cyclic esters (lactones) is 2. The van der Waals surface area contributed by atoms with E-state index in [4.69, 9.17) is 20.7 Å². The number of hydrogen-bond donors (Lipinski definition) is 3. The molecule has 82 heavy (non-hydrogen) atoms. The SMILES string of the molecule is CC(=O)[O-].CCCCCCCCCCCCCCCCCCN.CCCCCCCCCCCCCCCCCCN1C(=O)C=CC1=O.CCCCCCCCCCCCCCCCCCNC(=O)/C=C/C(=O)O.O=C1C=CC(=O)O1.[Na+]. The molecule has 0 saturated carbocycles. The van der Waals surface area contributed by atoms with Crippen LogP contribution in [0.3, 0.4) is 0 Å². The van der Waals surface area contributed by atoms with Gasteiger partial charge in [-0.05, 0) is 32.7 Å². The van der Waals surface area contributed by atoms with Crippen LogP contribution in [0, 0.1) is 0 Å². The predicted molar refractivity (Wildman–Crippen MR) is 334 cm³/mol. The van der Waals surface area contributed by atoms with Gasteiger partial charge in [-0.25, -0.2) is 14.4 Å². The Hall–Kier alpha value is -3.13. The van der Waals surface area contributed by atoms with Crippen LogP contribution in [0.15, 0.2) is 36.5 Å². The number of hydrogen-bond acceptors (Lipinski definition) is 10. The molecule has 0 bridgehead atoms. The van der Waals surface area contributed by atoms with Gasteiger partial charge in [0.2, 0.25) is 5.91 Å². The number of unbranched alkanes of at least 4 members (excludes halogenated alkanes) is 45. The predicted octanol–water partition coefficient (Wildman–Crippen LogP) is 13.8. The fraction of sp³-hybridized carbons (Fsp3) is 0.809. The van der Waals surface area contributed by atoms with Crippen molar-refractivity contribution in [1.82, 2.24) is 10.2 Å². The molecule has 2 rings (SSSR count). The number of imide groups is 1. The van der Waals surface area contributed by atoms with Crippen LogP contribution in [0.4, 0.5) is 0 Å². The van der Waals surface area contributed by atoms with Crippen molar-refractivity contribution in [2.24, 2.45) is 5.73 Å². The average Bonchev–Trinajstić information content (AvgIpc) is 3.99. The van der Waals surface area contributed by atoms with Crippen molar-refractivity contribution in [3.63, 3.8) is 0 Å². The molecule has 0 fully saturated rings. The molecule has 2 heterocycles. The van der Waals surface area contributed by atoms with Crippen LogP contribution in [0.25, 0.3) is 0 Å². The number of nitrogens with one attached hydrogen (secondary N) is 1. The minimum atomic E-state index is -1.09. The van der Waals surface area contributed by atoms with Gasteiger partial charge in [-0.3, -0.25) is 19.3 Å². The Balaban J connectivity index is -0.000000508. The summed E-state index contributed by atoms with van der Waals surface area (Å²) >= 11 is 0. The maximum Gasteiger partial charge on any atom is 1.00 e. The first-order valence-corrected chi connectivity index (χ1v) is 33.4. The number of ether oxygens (including phenoxy) is 1. The van der Waals surface area contributed by atoms with E-state index in [-0.39, 0.29) is 47.3 Å². The quantitative estimate of drug-likeness (QED) is 0.0130. The number of rotatable bonds is 52. The van der Waals surface area contributed by atoms with Crippen LogP contribution >= 0.6 is 0 Å². The van der Waals surface area contributed by atoms with Crippen molar-refractivity contribution in [3.05, 3.63) is 36.5 Å². The molecule has 0 unspecified atom stereocenters. The number of aliphatic carboxylic acids is 2. The molecule has 0 atom stereocenters. The summed E-state index contributed by atoms with van der Waals surface area (Å²) in [6.45, 7) is 9.89. The number of carboxylic acid groups (broad SMARTS) is 2. The largest absolute Gasteiger partial charge is 1.00 e. The van der Waals surface area contributed by atoms with E-state index in [1.165, 1.54) is 300 Å². The van der Waals surface area contributed by atoms with Gasteiger partial charge in [0.05, 0.1) is 0 Å². The van der Waals surface area contributed by atoms with Crippen LogP contribution in [0.2, 0.25) is 0 Å². The molecule has 0 aromatic heterocycles. The van der Waals surface area contributed by atoms with E-state index < -0.39 is 23.9 Å². The van der Waals surface area contributed by atoms with Crippen LogP contribution in [0.1, 0.15) is 336 Å². The Morgan fingerprint density at radius 2 is 0.683 bits per heavy atom. The summed E-state index contributed by atoms with van der Waals surface area (Å²) in [5.74, 6) is -3.96. The molecular formula is C68H124N3NaO10. The maximum atomic E-state index is 11.4. The van der Waals surface area contributed by atoms with E-state index in [1.54, 1.807) is 0 Å². The first-order chi connectivity index (χ1) is 39.4. The molecule has 3 amide bonds. The average molecular weight is 1170 g/mol. The molecule has 472 valence electrons. The molecular weight excluding hydrogens is 1040 g/mol. The summed E-state index contributed by atoms with van der Waals surface area (Å²) in [6.07, 6.45) is 72.4. The molecule has 2 aliphatic rings. The topological polar surface area (TPSA) is 213 Å². The number of carboxylic acids is 2. The molecule has 0 radical (unpaired) electrons.